The molecule has 0 aromatic carbocycles. The zero-order chi connectivity index (χ0) is 17.7. The number of nitrogens with zero attached hydrogens (tertiary/aromatic N) is 6. The number of ether oxygens (including phenoxy) is 1. The molecule has 0 spiro atoms. The summed E-state index contributed by atoms with van der Waals surface area (Å²) in [6.07, 6.45) is 5.06. The van der Waals surface area contributed by atoms with E-state index in [4.69, 9.17) is 21.3 Å². The molecule has 5 heterocycles. The van der Waals surface area contributed by atoms with Crippen molar-refractivity contribution in [1.82, 2.24) is 24.3 Å². The lowest BCUT2D eigenvalue weighted by Gasteiger charge is -2.36. The first-order valence-electron chi connectivity index (χ1n) is 8.33. The molecule has 132 valence electrons. The third-order valence-electron chi connectivity index (χ3n) is 4.78. The molecule has 2 aliphatic heterocycles. The number of piperazine rings is 1. The van der Waals surface area contributed by atoms with Gasteiger partial charge in [0.2, 0.25) is 0 Å². The van der Waals surface area contributed by atoms with E-state index in [-0.39, 0.29) is 12.1 Å². The van der Waals surface area contributed by atoms with Gasteiger partial charge in [0.25, 0.3) is 0 Å². The average molecular weight is 371 g/mol. The van der Waals surface area contributed by atoms with E-state index in [1.165, 1.54) is 0 Å². The standard InChI is InChI=1S/C17H15ClN6O2/c18-11-1-2-14-20-7-13(24(14)8-11)16-19-4-3-15(21-16)22-5-6-23-12(9-22)10-26-17(23)25/h1-4,7-8,12H,5-6,9-10H2. The fourth-order valence-corrected chi connectivity index (χ4v) is 3.63. The van der Waals surface area contributed by atoms with Crippen molar-refractivity contribution >= 4 is 29.2 Å². The molecule has 9 heteroatoms. The smallest absolute Gasteiger partial charge is 0.410 e. The van der Waals surface area contributed by atoms with Gasteiger partial charge in [0.05, 0.1) is 17.3 Å². The lowest BCUT2D eigenvalue weighted by Crippen LogP contribution is -2.52. The number of carbonyl (C=O) groups excluding carboxylic acids is 1. The topological polar surface area (TPSA) is 75.9 Å². The summed E-state index contributed by atoms with van der Waals surface area (Å²) in [6.45, 7) is 2.47. The second-order valence-corrected chi connectivity index (χ2v) is 6.76. The van der Waals surface area contributed by atoms with Crippen molar-refractivity contribution in [3.63, 3.8) is 0 Å². The van der Waals surface area contributed by atoms with Gasteiger partial charge in [-0.15, -0.1) is 0 Å². The summed E-state index contributed by atoms with van der Waals surface area (Å²) in [5.74, 6) is 1.41. The van der Waals surface area contributed by atoms with E-state index in [9.17, 15) is 4.79 Å². The highest BCUT2D eigenvalue weighted by Crippen LogP contribution is 2.24. The fourth-order valence-electron chi connectivity index (χ4n) is 3.47. The van der Waals surface area contributed by atoms with Crippen LogP contribution in [0.15, 0.2) is 36.8 Å². The van der Waals surface area contributed by atoms with Gasteiger partial charge in [-0.1, -0.05) is 11.6 Å². The summed E-state index contributed by atoms with van der Waals surface area (Å²) >= 11 is 6.11. The summed E-state index contributed by atoms with van der Waals surface area (Å²) in [5.41, 5.74) is 1.57. The van der Waals surface area contributed by atoms with Crippen LogP contribution in [0.5, 0.6) is 0 Å². The lowest BCUT2D eigenvalue weighted by molar-refractivity contribution is 0.157. The van der Waals surface area contributed by atoms with Crippen LogP contribution in [0.25, 0.3) is 17.2 Å². The zero-order valence-electron chi connectivity index (χ0n) is 13.7. The normalized spacial score (nSPS) is 19.7. The molecule has 0 aliphatic carbocycles. The number of fused-ring (bicyclic) bond motifs is 2. The fraction of sp³-hybridized carbons (Fsp3) is 0.294. The number of anilines is 1. The second kappa shape index (κ2) is 5.84. The van der Waals surface area contributed by atoms with Gasteiger partial charge in [-0.25, -0.2) is 19.7 Å². The molecule has 1 atom stereocenters. The van der Waals surface area contributed by atoms with Crippen LogP contribution in [0.2, 0.25) is 5.02 Å². The molecule has 26 heavy (non-hydrogen) atoms. The Bertz CT molecular complexity index is 1010. The number of hydrogen-bond acceptors (Lipinski definition) is 6. The zero-order valence-corrected chi connectivity index (χ0v) is 14.5. The van der Waals surface area contributed by atoms with Crippen molar-refractivity contribution in [3.05, 3.63) is 41.8 Å². The van der Waals surface area contributed by atoms with Crippen LogP contribution in [0.3, 0.4) is 0 Å². The van der Waals surface area contributed by atoms with Crippen LogP contribution in [0, 0.1) is 0 Å². The Labute approximate surface area is 154 Å². The SMILES string of the molecule is O=C1OCC2CN(c3ccnc(-c4cnc5ccc(Cl)cn45)n3)CCN12. The number of imidazole rings is 1. The molecule has 8 nitrogen and oxygen atoms in total. The average Bonchev–Trinajstić information content (AvgIpc) is 3.25. The minimum Gasteiger partial charge on any atom is -0.447 e. The van der Waals surface area contributed by atoms with Crippen LogP contribution >= 0.6 is 11.6 Å². The maximum absolute atomic E-state index is 11.7. The Morgan fingerprint density at radius 2 is 2.12 bits per heavy atom. The molecule has 2 fully saturated rings. The molecule has 0 bridgehead atoms. The van der Waals surface area contributed by atoms with E-state index < -0.39 is 0 Å². The van der Waals surface area contributed by atoms with Crippen molar-refractivity contribution in [3.8, 4) is 11.5 Å². The van der Waals surface area contributed by atoms with Gasteiger partial charge in [-0.2, -0.15) is 0 Å². The number of carbonyl (C=O) groups is 1. The third kappa shape index (κ3) is 2.45. The number of cyclic esters (lactones) is 1. The summed E-state index contributed by atoms with van der Waals surface area (Å²) in [4.78, 5) is 29.1. The first kappa shape index (κ1) is 15.4. The molecule has 2 aliphatic rings. The molecule has 3 aromatic heterocycles. The second-order valence-electron chi connectivity index (χ2n) is 6.33. The molecule has 1 amide bonds. The highest BCUT2D eigenvalue weighted by atomic mass is 35.5. The molecule has 3 aromatic rings. The van der Waals surface area contributed by atoms with Crippen molar-refractivity contribution in [2.45, 2.75) is 6.04 Å². The van der Waals surface area contributed by atoms with Crippen LogP contribution in [0.1, 0.15) is 0 Å². The Morgan fingerprint density at radius 3 is 3.04 bits per heavy atom. The van der Waals surface area contributed by atoms with E-state index in [1.54, 1.807) is 29.6 Å². The Kier molecular flexibility index (Phi) is 3.46. The van der Waals surface area contributed by atoms with Gasteiger partial charge in [0.1, 0.15) is 23.8 Å². The van der Waals surface area contributed by atoms with E-state index in [2.05, 4.69) is 14.9 Å². The number of pyridine rings is 1. The predicted octanol–water partition coefficient (Wildman–Crippen LogP) is 2.09. The number of halogens is 1. The number of amides is 1. The first-order valence-corrected chi connectivity index (χ1v) is 8.71. The van der Waals surface area contributed by atoms with Crippen LogP contribution < -0.4 is 4.90 Å². The molecular formula is C17H15ClN6O2. The Balaban J connectivity index is 1.47. The lowest BCUT2D eigenvalue weighted by atomic mass is 10.2. The van der Waals surface area contributed by atoms with Gasteiger partial charge in [-0.3, -0.25) is 9.30 Å². The van der Waals surface area contributed by atoms with Crippen molar-refractivity contribution in [2.24, 2.45) is 0 Å². The van der Waals surface area contributed by atoms with Crippen LogP contribution in [0.4, 0.5) is 10.6 Å². The van der Waals surface area contributed by atoms with Gasteiger partial charge in [0, 0.05) is 32.0 Å². The minimum atomic E-state index is -0.222. The molecular weight excluding hydrogens is 356 g/mol. The van der Waals surface area contributed by atoms with Gasteiger partial charge in [-0.05, 0) is 18.2 Å². The van der Waals surface area contributed by atoms with E-state index in [1.807, 2.05) is 16.5 Å². The van der Waals surface area contributed by atoms with E-state index >= 15 is 0 Å². The van der Waals surface area contributed by atoms with Gasteiger partial charge >= 0.3 is 6.09 Å². The Morgan fingerprint density at radius 1 is 1.19 bits per heavy atom. The predicted molar refractivity (Wildman–Crippen MR) is 95.3 cm³/mol. The summed E-state index contributed by atoms with van der Waals surface area (Å²) in [5, 5.41) is 0.620. The van der Waals surface area contributed by atoms with E-state index in [0.717, 1.165) is 17.2 Å². The maximum atomic E-state index is 11.7. The molecule has 0 saturated carbocycles. The summed E-state index contributed by atoms with van der Waals surface area (Å²) < 4.78 is 7.01. The summed E-state index contributed by atoms with van der Waals surface area (Å²) in [7, 11) is 0. The van der Waals surface area contributed by atoms with Crippen molar-refractivity contribution in [1.29, 1.82) is 0 Å². The van der Waals surface area contributed by atoms with Crippen LogP contribution in [-0.2, 0) is 4.74 Å². The highest BCUT2D eigenvalue weighted by Gasteiger charge is 2.37. The summed E-state index contributed by atoms with van der Waals surface area (Å²) in [6, 6.07) is 5.61. The van der Waals surface area contributed by atoms with E-state index in [0.29, 0.717) is 37.1 Å². The molecule has 0 N–H and O–H groups in total. The first-order chi connectivity index (χ1) is 12.7. The van der Waals surface area contributed by atoms with Gasteiger partial charge in [0.15, 0.2) is 5.82 Å². The number of aromatic nitrogens is 4. The maximum Gasteiger partial charge on any atom is 0.410 e. The quantitative estimate of drug-likeness (QED) is 0.687. The molecule has 0 radical (unpaired) electrons. The number of hydrogen-bond donors (Lipinski definition) is 0. The monoisotopic (exact) mass is 370 g/mol. The van der Waals surface area contributed by atoms with Crippen molar-refractivity contribution in [2.75, 3.05) is 31.1 Å². The Hall–Kier alpha value is -2.87. The highest BCUT2D eigenvalue weighted by molar-refractivity contribution is 6.30. The van der Waals surface area contributed by atoms with Gasteiger partial charge < -0.3 is 9.64 Å². The molecule has 2 saturated heterocycles. The van der Waals surface area contributed by atoms with Crippen molar-refractivity contribution < 1.29 is 9.53 Å². The van der Waals surface area contributed by atoms with Crippen LogP contribution in [-0.4, -0.2) is 62.6 Å². The largest absolute Gasteiger partial charge is 0.447 e. The molecule has 5 rings (SSSR count). The third-order valence-corrected chi connectivity index (χ3v) is 5.00. The minimum absolute atomic E-state index is 0.0734. The number of rotatable bonds is 2. The molecule has 1 unspecified atom stereocenters.